The van der Waals surface area contributed by atoms with E-state index in [1.165, 1.54) is 0 Å². The standard InChI is InChI=1S/C14H9Cl2N5O/c15-8-3-4-9(10(16)6-8)11-7-12(13-2-1-5-22-13)21-14(17-11)18-19-20-21/h1-7,12H,(H,17,18,20)/t12-/m0/s1. The lowest BCUT2D eigenvalue weighted by Crippen LogP contribution is -2.20. The first kappa shape index (κ1) is 13.4. The van der Waals surface area contributed by atoms with E-state index in [4.69, 9.17) is 27.6 Å². The first-order chi connectivity index (χ1) is 10.7. The lowest BCUT2D eigenvalue weighted by atomic mass is 10.1. The van der Waals surface area contributed by atoms with E-state index < -0.39 is 0 Å². The van der Waals surface area contributed by atoms with Crippen LogP contribution in [0.4, 0.5) is 5.95 Å². The molecule has 22 heavy (non-hydrogen) atoms. The number of halogens is 2. The van der Waals surface area contributed by atoms with Crippen LogP contribution in [0.2, 0.25) is 10.0 Å². The number of rotatable bonds is 2. The van der Waals surface area contributed by atoms with Gasteiger partial charge in [0.05, 0.1) is 11.3 Å². The maximum absolute atomic E-state index is 6.29. The predicted octanol–water partition coefficient (Wildman–Crippen LogP) is 3.63. The average molecular weight is 334 g/mol. The van der Waals surface area contributed by atoms with E-state index in [0.29, 0.717) is 16.0 Å². The quantitative estimate of drug-likeness (QED) is 0.775. The Morgan fingerprint density at radius 1 is 1.23 bits per heavy atom. The summed E-state index contributed by atoms with van der Waals surface area (Å²) in [6, 6.07) is 8.78. The number of anilines is 1. The fraction of sp³-hybridized carbons (Fsp3) is 0.0714. The van der Waals surface area contributed by atoms with Crippen LogP contribution in [0, 0.1) is 0 Å². The molecular weight excluding hydrogens is 325 g/mol. The van der Waals surface area contributed by atoms with E-state index in [1.807, 2.05) is 24.3 Å². The second-order valence-corrected chi connectivity index (χ2v) is 5.58. The number of benzene rings is 1. The molecule has 1 atom stereocenters. The van der Waals surface area contributed by atoms with Gasteiger partial charge in [-0.2, -0.15) is 4.68 Å². The lowest BCUT2D eigenvalue weighted by molar-refractivity contribution is 0.443. The van der Waals surface area contributed by atoms with Gasteiger partial charge in [0.25, 0.3) is 0 Å². The highest BCUT2D eigenvalue weighted by atomic mass is 35.5. The van der Waals surface area contributed by atoms with Gasteiger partial charge in [-0.1, -0.05) is 28.3 Å². The molecule has 2 aromatic heterocycles. The monoisotopic (exact) mass is 333 g/mol. The van der Waals surface area contributed by atoms with E-state index in [1.54, 1.807) is 23.1 Å². The summed E-state index contributed by atoms with van der Waals surface area (Å²) in [6.07, 6.45) is 3.57. The number of tetrazole rings is 1. The normalized spacial score (nSPS) is 16.8. The number of fused-ring (bicyclic) bond motifs is 1. The van der Waals surface area contributed by atoms with Crippen LogP contribution in [0.25, 0.3) is 5.70 Å². The first-order valence-electron chi connectivity index (χ1n) is 6.48. The smallest absolute Gasteiger partial charge is 0.248 e. The Hall–Kier alpha value is -2.31. The minimum atomic E-state index is -0.247. The van der Waals surface area contributed by atoms with Crippen LogP contribution < -0.4 is 5.32 Å². The summed E-state index contributed by atoms with van der Waals surface area (Å²) in [5.74, 6) is 1.25. The molecule has 3 aromatic rings. The van der Waals surface area contributed by atoms with Crippen molar-refractivity contribution in [2.45, 2.75) is 6.04 Å². The fourth-order valence-corrected chi connectivity index (χ4v) is 2.89. The van der Waals surface area contributed by atoms with Crippen molar-refractivity contribution < 1.29 is 4.42 Å². The van der Waals surface area contributed by atoms with Crippen LogP contribution in [0.5, 0.6) is 0 Å². The van der Waals surface area contributed by atoms with Gasteiger partial charge in [-0.05, 0) is 46.8 Å². The minimum absolute atomic E-state index is 0.247. The molecule has 8 heteroatoms. The van der Waals surface area contributed by atoms with E-state index in [9.17, 15) is 0 Å². The lowest BCUT2D eigenvalue weighted by Gasteiger charge is -2.22. The minimum Gasteiger partial charge on any atom is -0.467 e. The van der Waals surface area contributed by atoms with E-state index >= 15 is 0 Å². The number of nitrogens with one attached hydrogen (secondary N) is 1. The molecule has 110 valence electrons. The van der Waals surface area contributed by atoms with Crippen molar-refractivity contribution >= 4 is 34.8 Å². The maximum atomic E-state index is 6.29. The number of furan rings is 1. The second-order valence-electron chi connectivity index (χ2n) is 4.74. The first-order valence-corrected chi connectivity index (χ1v) is 7.23. The summed E-state index contributed by atoms with van der Waals surface area (Å²) in [5, 5.41) is 16.0. The van der Waals surface area contributed by atoms with Gasteiger partial charge in [-0.25, -0.2) is 0 Å². The van der Waals surface area contributed by atoms with E-state index in [2.05, 4.69) is 20.8 Å². The van der Waals surface area contributed by atoms with E-state index in [-0.39, 0.29) is 6.04 Å². The molecule has 0 saturated heterocycles. The molecule has 1 aromatic carbocycles. The average Bonchev–Trinajstić information content (AvgIpc) is 3.17. The van der Waals surface area contributed by atoms with Crippen molar-refractivity contribution in [3.8, 4) is 0 Å². The number of hydrogen-bond donors (Lipinski definition) is 1. The number of allylic oxidation sites excluding steroid dienone is 1. The van der Waals surface area contributed by atoms with Crippen molar-refractivity contribution in [2.24, 2.45) is 0 Å². The van der Waals surface area contributed by atoms with Gasteiger partial charge >= 0.3 is 0 Å². The van der Waals surface area contributed by atoms with E-state index in [0.717, 1.165) is 17.0 Å². The summed E-state index contributed by atoms with van der Waals surface area (Å²) >= 11 is 12.2. The van der Waals surface area contributed by atoms with Crippen LogP contribution in [0.15, 0.2) is 47.1 Å². The van der Waals surface area contributed by atoms with Gasteiger partial charge in [-0.3, -0.25) is 0 Å². The molecular formula is C14H9Cl2N5O. The summed E-state index contributed by atoms with van der Waals surface area (Å²) in [5.41, 5.74) is 1.61. The summed E-state index contributed by atoms with van der Waals surface area (Å²) in [7, 11) is 0. The molecule has 0 fully saturated rings. The highest BCUT2D eigenvalue weighted by molar-refractivity contribution is 6.35. The van der Waals surface area contributed by atoms with Crippen LogP contribution in [-0.2, 0) is 0 Å². The van der Waals surface area contributed by atoms with Crippen LogP contribution >= 0.6 is 23.2 Å². The zero-order valence-electron chi connectivity index (χ0n) is 11.1. The Bertz CT molecular complexity index is 856. The van der Waals surface area contributed by atoms with Crippen LogP contribution in [-0.4, -0.2) is 20.2 Å². The molecule has 3 heterocycles. The van der Waals surface area contributed by atoms with Gasteiger partial charge in [0.1, 0.15) is 11.8 Å². The molecule has 6 nitrogen and oxygen atoms in total. The molecule has 0 unspecified atom stereocenters. The number of hydrogen-bond acceptors (Lipinski definition) is 5. The Morgan fingerprint density at radius 2 is 2.14 bits per heavy atom. The van der Waals surface area contributed by atoms with Gasteiger partial charge in [0.15, 0.2) is 0 Å². The van der Waals surface area contributed by atoms with Gasteiger partial charge in [0.2, 0.25) is 5.95 Å². The van der Waals surface area contributed by atoms with Crippen LogP contribution in [0.1, 0.15) is 17.4 Å². The third-order valence-corrected chi connectivity index (χ3v) is 3.93. The molecule has 0 radical (unpaired) electrons. The zero-order chi connectivity index (χ0) is 15.1. The van der Waals surface area contributed by atoms with Gasteiger partial charge in [0, 0.05) is 16.3 Å². The third kappa shape index (κ3) is 2.17. The highest BCUT2D eigenvalue weighted by Crippen LogP contribution is 2.34. The second kappa shape index (κ2) is 5.15. The molecule has 1 aliphatic rings. The SMILES string of the molecule is Clc1ccc(C2=C[C@@H](c3ccco3)n3nnnc3N2)c(Cl)c1. The zero-order valence-corrected chi connectivity index (χ0v) is 12.6. The predicted molar refractivity (Wildman–Crippen MR) is 82.7 cm³/mol. The topological polar surface area (TPSA) is 68.8 Å². The van der Waals surface area contributed by atoms with Crippen molar-refractivity contribution in [1.29, 1.82) is 0 Å². The number of aromatic nitrogens is 4. The Morgan fingerprint density at radius 3 is 2.91 bits per heavy atom. The van der Waals surface area contributed by atoms with Crippen molar-refractivity contribution in [1.82, 2.24) is 20.2 Å². The molecule has 1 aliphatic heterocycles. The molecule has 0 aliphatic carbocycles. The largest absolute Gasteiger partial charge is 0.467 e. The Kier molecular flexibility index (Phi) is 3.13. The van der Waals surface area contributed by atoms with Crippen molar-refractivity contribution in [3.05, 3.63) is 64.0 Å². The Balaban J connectivity index is 1.83. The molecule has 1 N–H and O–H groups in total. The molecule has 4 rings (SSSR count). The Labute approximate surface area is 135 Å². The molecule has 0 amide bonds. The third-order valence-electron chi connectivity index (χ3n) is 3.38. The maximum Gasteiger partial charge on any atom is 0.248 e. The molecule has 0 saturated carbocycles. The summed E-state index contributed by atoms with van der Waals surface area (Å²) in [4.78, 5) is 0. The summed E-state index contributed by atoms with van der Waals surface area (Å²) < 4.78 is 7.13. The highest BCUT2D eigenvalue weighted by Gasteiger charge is 2.26. The van der Waals surface area contributed by atoms with Gasteiger partial charge < -0.3 is 9.73 Å². The van der Waals surface area contributed by atoms with Crippen LogP contribution in [0.3, 0.4) is 0 Å². The van der Waals surface area contributed by atoms with Gasteiger partial charge in [-0.15, -0.1) is 0 Å². The molecule has 0 spiro atoms. The van der Waals surface area contributed by atoms with Crippen molar-refractivity contribution in [2.75, 3.05) is 5.32 Å². The molecule has 0 bridgehead atoms. The fourth-order valence-electron chi connectivity index (χ4n) is 2.38. The van der Waals surface area contributed by atoms with Crippen molar-refractivity contribution in [3.63, 3.8) is 0 Å². The summed E-state index contributed by atoms with van der Waals surface area (Å²) in [6.45, 7) is 0. The number of nitrogens with zero attached hydrogens (tertiary/aromatic N) is 4.